The first-order valence-corrected chi connectivity index (χ1v) is 3.83. The van der Waals surface area contributed by atoms with E-state index in [1.165, 1.54) is 0 Å². The molecule has 10 heavy (non-hydrogen) atoms. The zero-order valence-electron chi connectivity index (χ0n) is 5.66. The first kappa shape index (κ1) is 5.52. The number of hydrogen-bond donors (Lipinski definition) is 2. The fourth-order valence-corrected chi connectivity index (χ4v) is 2.85. The van der Waals surface area contributed by atoms with Crippen molar-refractivity contribution in [2.45, 2.75) is 24.7 Å². The molecule has 5 atom stereocenters. The second kappa shape index (κ2) is 1.26. The van der Waals surface area contributed by atoms with Crippen LogP contribution < -0.4 is 5.73 Å². The van der Waals surface area contributed by atoms with Gasteiger partial charge in [0.25, 0.3) is 0 Å². The summed E-state index contributed by atoms with van der Waals surface area (Å²) in [4.78, 5) is 0. The van der Waals surface area contributed by atoms with Crippen molar-refractivity contribution in [2.75, 3.05) is 6.54 Å². The molecular formula is C7H11NO2. The van der Waals surface area contributed by atoms with E-state index >= 15 is 0 Å². The highest BCUT2D eigenvalue weighted by Crippen LogP contribution is 2.71. The monoisotopic (exact) mass is 141 g/mol. The highest BCUT2D eigenvalue weighted by atomic mass is 16.5. The number of rotatable bonds is 1. The molecule has 56 valence electrons. The van der Waals surface area contributed by atoms with E-state index in [9.17, 15) is 5.11 Å². The molecule has 4 bridgehead atoms. The third kappa shape index (κ3) is 0.325. The lowest BCUT2D eigenvalue weighted by Crippen LogP contribution is -2.17. The van der Waals surface area contributed by atoms with Crippen molar-refractivity contribution in [3.63, 3.8) is 0 Å². The minimum atomic E-state index is -0.200. The Morgan fingerprint density at radius 3 is 2.70 bits per heavy atom. The van der Waals surface area contributed by atoms with E-state index in [1.54, 1.807) is 0 Å². The van der Waals surface area contributed by atoms with Crippen LogP contribution in [-0.4, -0.2) is 30.0 Å². The van der Waals surface area contributed by atoms with Crippen molar-refractivity contribution in [1.82, 2.24) is 0 Å². The summed E-state index contributed by atoms with van der Waals surface area (Å²) >= 11 is 0. The Hall–Kier alpha value is -0.120. The van der Waals surface area contributed by atoms with Crippen LogP contribution in [0.1, 0.15) is 6.42 Å². The van der Waals surface area contributed by atoms with E-state index in [0.29, 0.717) is 18.6 Å². The van der Waals surface area contributed by atoms with E-state index in [4.69, 9.17) is 10.5 Å². The summed E-state index contributed by atoms with van der Waals surface area (Å²) in [6.07, 6.45) is 1.24. The maximum Gasteiger partial charge on any atom is 0.0862 e. The van der Waals surface area contributed by atoms with Crippen LogP contribution in [0.2, 0.25) is 0 Å². The third-order valence-corrected chi connectivity index (χ3v) is 3.48. The van der Waals surface area contributed by atoms with Crippen LogP contribution in [0.5, 0.6) is 0 Å². The Morgan fingerprint density at radius 2 is 2.50 bits per heavy atom. The Labute approximate surface area is 59.2 Å². The van der Waals surface area contributed by atoms with Gasteiger partial charge in [-0.15, -0.1) is 0 Å². The predicted molar refractivity (Wildman–Crippen MR) is 34.3 cm³/mol. The molecule has 4 fully saturated rings. The molecule has 2 saturated carbocycles. The largest absolute Gasteiger partial charge is 0.390 e. The van der Waals surface area contributed by atoms with Gasteiger partial charge in [-0.2, -0.15) is 0 Å². The highest BCUT2D eigenvalue weighted by molar-refractivity contribution is 5.28. The predicted octanol–water partition coefficient (Wildman–Crippen LogP) is -0.907. The summed E-state index contributed by atoms with van der Waals surface area (Å²) in [6, 6.07) is 0. The summed E-state index contributed by atoms with van der Waals surface area (Å²) in [5.41, 5.74) is 5.81. The average Bonchev–Trinajstić information content (AvgIpc) is 2.36. The van der Waals surface area contributed by atoms with Crippen molar-refractivity contribution in [3.05, 3.63) is 0 Å². The Bertz CT molecular complexity index is 196. The molecule has 0 aromatic carbocycles. The van der Waals surface area contributed by atoms with E-state index in [1.807, 2.05) is 0 Å². The number of hydrogen-bond acceptors (Lipinski definition) is 3. The molecule has 1 unspecified atom stereocenters. The van der Waals surface area contributed by atoms with E-state index in [2.05, 4.69) is 0 Å². The van der Waals surface area contributed by atoms with Gasteiger partial charge in [-0.25, -0.2) is 0 Å². The lowest BCUT2D eigenvalue weighted by Gasteiger charge is -2.03. The van der Waals surface area contributed by atoms with E-state index < -0.39 is 0 Å². The van der Waals surface area contributed by atoms with Gasteiger partial charge in [0.2, 0.25) is 0 Å². The minimum absolute atomic E-state index is 0.124. The fourth-order valence-electron chi connectivity index (χ4n) is 2.85. The molecule has 4 rings (SSSR count). The van der Waals surface area contributed by atoms with E-state index in [-0.39, 0.29) is 17.6 Å². The van der Waals surface area contributed by atoms with Crippen LogP contribution in [0, 0.1) is 11.3 Å². The summed E-state index contributed by atoms with van der Waals surface area (Å²) in [7, 11) is 0. The van der Waals surface area contributed by atoms with Gasteiger partial charge in [-0.05, 0) is 6.42 Å². The van der Waals surface area contributed by atoms with Crippen LogP contribution in [0.4, 0.5) is 0 Å². The zero-order valence-corrected chi connectivity index (χ0v) is 5.66. The normalized spacial score (nSPS) is 69.0. The van der Waals surface area contributed by atoms with Crippen LogP contribution >= 0.6 is 0 Å². The summed E-state index contributed by atoms with van der Waals surface area (Å²) < 4.78 is 5.49. The summed E-state index contributed by atoms with van der Waals surface area (Å²) in [6.45, 7) is 0.690. The topological polar surface area (TPSA) is 55.5 Å². The molecule has 0 spiro atoms. The molecule has 2 aliphatic carbocycles. The van der Waals surface area contributed by atoms with Crippen LogP contribution in [-0.2, 0) is 4.74 Å². The van der Waals surface area contributed by atoms with Gasteiger partial charge in [0, 0.05) is 17.9 Å². The number of aliphatic hydroxyl groups excluding tert-OH is 1. The smallest absolute Gasteiger partial charge is 0.0862 e. The molecule has 2 saturated heterocycles. The number of aliphatic hydroxyl groups is 1. The first-order chi connectivity index (χ1) is 4.79. The summed E-state index contributed by atoms with van der Waals surface area (Å²) in [5.74, 6) is 0.391. The molecule has 0 aromatic rings. The molecule has 3 nitrogen and oxygen atoms in total. The van der Waals surface area contributed by atoms with Gasteiger partial charge in [0.1, 0.15) is 0 Å². The molecule has 2 aliphatic heterocycles. The molecule has 2 heterocycles. The molecule has 0 amide bonds. The van der Waals surface area contributed by atoms with Crippen molar-refractivity contribution >= 4 is 0 Å². The van der Waals surface area contributed by atoms with Crippen molar-refractivity contribution < 1.29 is 9.84 Å². The highest BCUT2D eigenvalue weighted by Gasteiger charge is 2.80. The lowest BCUT2D eigenvalue weighted by atomic mass is 10.1. The van der Waals surface area contributed by atoms with Gasteiger partial charge in [-0.1, -0.05) is 0 Å². The molecular weight excluding hydrogens is 130 g/mol. The van der Waals surface area contributed by atoms with Gasteiger partial charge in [0.05, 0.1) is 18.3 Å². The lowest BCUT2D eigenvalue weighted by molar-refractivity contribution is 0.0440. The molecule has 0 aromatic heterocycles. The van der Waals surface area contributed by atoms with Crippen molar-refractivity contribution in [1.29, 1.82) is 0 Å². The quantitative estimate of drug-likeness (QED) is 0.497. The van der Waals surface area contributed by atoms with Crippen molar-refractivity contribution in [2.24, 2.45) is 17.1 Å². The Morgan fingerprint density at radius 1 is 1.70 bits per heavy atom. The molecule has 4 aliphatic rings. The maximum atomic E-state index is 9.47. The third-order valence-electron chi connectivity index (χ3n) is 3.48. The molecule has 3 N–H and O–H groups in total. The number of ether oxygens (including phenoxy) is 1. The first-order valence-electron chi connectivity index (χ1n) is 3.83. The second-order valence-electron chi connectivity index (χ2n) is 3.75. The van der Waals surface area contributed by atoms with Gasteiger partial charge in [-0.3, -0.25) is 0 Å². The SMILES string of the molecule is NC[C@@]12C[C@H]3O[C@@H]1C2[C@@H]3O. The average molecular weight is 141 g/mol. The second-order valence-corrected chi connectivity index (χ2v) is 3.75. The van der Waals surface area contributed by atoms with E-state index in [0.717, 1.165) is 6.42 Å². The zero-order chi connectivity index (χ0) is 6.93. The van der Waals surface area contributed by atoms with Gasteiger partial charge in [0.15, 0.2) is 0 Å². The number of nitrogens with two attached hydrogens (primary N) is 1. The van der Waals surface area contributed by atoms with Crippen LogP contribution in [0.3, 0.4) is 0 Å². The fraction of sp³-hybridized carbons (Fsp3) is 1.00. The standard InChI is InChI=1S/C7H11NO2/c8-2-7-1-3-5(9)4(7)6(7)10-3/h3-6,9H,1-2,8H2/t3-,4?,5-,6-,7-/m1/s1. The minimum Gasteiger partial charge on any atom is -0.390 e. The molecule has 3 heteroatoms. The van der Waals surface area contributed by atoms with Crippen molar-refractivity contribution in [3.8, 4) is 0 Å². The van der Waals surface area contributed by atoms with Crippen LogP contribution in [0.25, 0.3) is 0 Å². The Balaban J connectivity index is 2.01. The van der Waals surface area contributed by atoms with Gasteiger partial charge < -0.3 is 15.6 Å². The Kier molecular flexibility index (Phi) is 0.698. The van der Waals surface area contributed by atoms with Crippen LogP contribution in [0.15, 0.2) is 0 Å². The molecule has 0 radical (unpaired) electrons. The maximum absolute atomic E-state index is 9.47. The summed E-state index contributed by atoms with van der Waals surface area (Å²) in [5, 5.41) is 9.47. The van der Waals surface area contributed by atoms with Gasteiger partial charge >= 0.3 is 0 Å².